The fourth-order valence-corrected chi connectivity index (χ4v) is 3.41. The van der Waals surface area contributed by atoms with Gasteiger partial charge in [0.05, 0.1) is 0 Å². The van der Waals surface area contributed by atoms with Crippen LogP contribution in [0.4, 0.5) is 10.1 Å². The maximum Gasteiger partial charge on any atom is 0.266 e. The summed E-state index contributed by atoms with van der Waals surface area (Å²) >= 11 is 0. The molecule has 1 amide bonds. The van der Waals surface area contributed by atoms with Crippen LogP contribution in [0, 0.1) is 5.82 Å². The van der Waals surface area contributed by atoms with Gasteiger partial charge in [-0.3, -0.25) is 14.5 Å². The lowest BCUT2D eigenvalue weighted by molar-refractivity contribution is -0.116. The van der Waals surface area contributed by atoms with E-state index in [4.69, 9.17) is 0 Å². The molecule has 4 rings (SSSR count). The number of aliphatic hydroxyl groups is 1. The molecule has 1 aliphatic rings. The number of carbonyl (C=O) groups excluding carboxylic acids is 2. The molecule has 3 aromatic rings. The molecule has 6 heteroatoms. The lowest BCUT2D eigenvalue weighted by atomic mass is 9.99. The molecule has 0 unspecified atom stereocenters. The summed E-state index contributed by atoms with van der Waals surface area (Å²) in [6.45, 7) is 0. The summed E-state index contributed by atoms with van der Waals surface area (Å²) < 4.78 is 13.6. The second-order valence-electron chi connectivity index (χ2n) is 6.60. The number of ketones is 1. The minimum absolute atomic E-state index is 0.0233. The minimum Gasteiger partial charge on any atom is -0.508 e. The molecular weight excluding hydrogens is 373 g/mol. The molecule has 2 N–H and O–H groups in total. The zero-order valence-electron chi connectivity index (χ0n) is 15.1. The van der Waals surface area contributed by atoms with Gasteiger partial charge in [-0.2, -0.15) is 0 Å². The van der Waals surface area contributed by atoms with E-state index >= 15 is 0 Å². The molecule has 1 heterocycles. The van der Waals surface area contributed by atoms with Crippen molar-refractivity contribution in [2.75, 3.05) is 4.90 Å². The fourth-order valence-electron chi connectivity index (χ4n) is 3.41. The van der Waals surface area contributed by atoms with Crippen LogP contribution in [0.3, 0.4) is 0 Å². The van der Waals surface area contributed by atoms with Crippen LogP contribution in [-0.4, -0.2) is 21.9 Å². The summed E-state index contributed by atoms with van der Waals surface area (Å²) in [5, 5.41) is 20.2. The van der Waals surface area contributed by atoms with Crippen molar-refractivity contribution in [2.45, 2.75) is 6.04 Å². The topological polar surface area (TPSA) is 77.8 Å². The smallest absolute Gasteiger partial charge is 0.266 e. The zero-order chi connectivity index (χ0) is 20.5. The molecule has 29 heavy (non-hydrogen) atoms. The standard InChI is InChI=1S/C23H16FNO4/c24-16-6-4-5-15(13-16)21(27)19-22(28)20(14-9-11-18(26)12-10-14)25(23(19)29)17-7-2-1-3-8-17/h1-13,20,26-27H/t20-/m1/s1. The number of para-hydroxylation sites is 1. The molecular formula is C23H16FNO4. The van der Waals surface area contributed by atoms with Gasteiger partial charge in [-0.15, -0.1) is 0 Å². The lowest BCUT2D eigenvalue weighted by Crippen LogP contribution is -2.28. The number of phenols is 1. The van der Waals surface area contributed by atoms with Crippen molar-refractivity contribution in [3.63, 3.8) is 0 Å². The highest BCUT2D eigenvalue weighted by Gasteiger charge is 2.46. The van der Waals surface area contributed by atoms with Gasteiger partial charge in [-0.25, -0.2) is 4.39 Å². The normalized spacial score (nSPS) is 18.2. The molecule has 1 atom stereocenters. The first kappa shape index (κ1) is 18.4. The molecule has 1 saturated heterocycles. The van der Waals surface area contributed by atoms with Crippen LogP contribution in [0.1, 0.15) is 17.2 Å². The van der Waals surface area contributed by atoms with Gasteiger partial charge in [0, 0.05) is 11.3 Å². The van der Waals surface area contributed by atoms with Crippen LogP contribution in [0.25, 0.3) is 5.76 Å². The summed E-state index contributed by atoms with van der Waals surface area (Å²) in [7, 11) is 0. The van der Waals surface area contributed by atoms with Crippen molar-refractivity contribution < 1.29 is 24.2 Å². The van der Waals surface area contributed by atoms with Crippen LogP contribution < -0.4 is 4.90 Å². The number of halogens is 1. The molecule has 144 valence electrons. The Kier molecular flexibility index (Phi) is 4.60. The number of carbonyl (C=O) groups is 2. The summed E-state index contributed by atoms with van der Waals surface area (Å²) in [4.78, 5) is 27.8. The Morgan fingerprint density at radius 1 is 0.897 bits per heavy atom. The van der Waals surface area contributed by atoms with Gasteiger partial charge in [-0.05, 0) is 42.0 Å². The third-order valence-corrected chi connectivity index (χ3v) is 4.76. The van der Waals surface area contributed by atoms with Crippen molar-refractivity contribution in [1.82, 2.24) is 0 Å². The Balaban J connectivity index is 1.89. The third-order valence-electron chi connectivity index (χ3n) is 4.76. The molecule has 5 nitrogen and oxygen atoms in total. The Labute approximate surface area is 166 Å². The van der Waals surface area contributed by atoms with Crippen LogP contribution in [-0.2, 0) is 9.59 Å². The average Bonchev–Trinajstić information content (AvgIpc) is 2.99. The van der Waals surface area contributed by atoms with E-state index in [1.165, 1.54) is 35.2 Å². The first-order valence-corrected chi connectivity index (χ1v) is 8.88. The zero-order valence-corrected chi connectivity index (χ0v) is 15.1. The van der Waals surface area contributed by atoms with E-state index in [2.05, 4.69) is 0 Å². The van der Waals surface area contributed by atoms with Crippen molar-refractivity contribution in [3.8, 4) is 5.75 Å². The second-order valence-corrected chi connectivity index (χ2v) is 6.60. The number of anilines is 1. The van der Waals surface area contributed by atoms with Gasteiger partial charge < -0.3 is 10.2 Å². The Morgan fingerprint density at radius 2 is 1.59 bits per heavy atom. The monoisotopic (exact) mass is 389 g/mol. The highest BCUT2D eigenvalue weighted by atomic mass is 19.1. The number of hydrogen-bond donors (Lipinski definition) is 2. The van der Waals surface area contributed by atoms with Crippen molar-refractivity contribution in [2.24, 2.45) is 0 Å². The SMILES string of the molecule is O=C1C(=C(O)c2cccc(F)c2)C(=O)N(c2ccccc2)[C@@H]1c1ccc(O)cc1. The van der Waals surface area contributed by atoms with Crippen LogP contribution in [0.2, 0.25) is 0 Å². The molecule has 0 spiro atoms. The quantitative estimate of drug-likeness (QED) is 0.401. The van der Waals surface area contributed by atoms with Crippen LogP contribution in [0.15, 0.2) is 84.4 Å². The molecule has 1 aliphatic heterocycles. The largest absolute Gasteiger partial charge is 0.508 e. The highest BCUT2D eigenvalue weighted by molar-refractivity contribution is 6.36. The van der Waals surface area contributed by atoms with Crippen molar-refractivity contribution >= 4 is 23.1 Å². The first-order chi connectivity index (χ1) is 14.0. The number of hydrogen-bond acceptors (Lipinski definition) is 4. The first-order valence-electron chi connectivity index (χ1n) is 8.88. The number of rotatable bonds is 3. The predicted molar refractivity (Wildman–Crippen MR) is 106 cm³/mol. The van der Waals surface area contributed by atoms with Gasteiger partial charge >= 0.3 is 0 Å². The Bertz CT molecular complexity index is 1120. The average molecular weight is 389 g/mol. The fraction of sp³-hybridized carbons (Fsp3) is 0.0435. The molecule has 0 aliphatic carbocycles. The van der Waals surface area contributed by atoms with Gasteiger partial charge in [0.1, 0.15) is 28.9 Å². The lowest BCUT2D eigenvalue weighted by Gasteiger charge is -2.23. The van der Waals surface area contributed by atoms with E-state index in [0.29, 0.717) is 11.3 Å². The molecule has 3 aromatic carbocycles. The molecule has 1 fully saturated rings. The number of amides is 1. The molecule has 0 aromatic heterocycles. The third kappa shape index (κ3) is 3.25. The summed E-state index contributed by atoms with van der Waals surface area (Å²) in [5.74, 6) is -2.42. The minimum atomic E-state index is -1.02. The number of aromatic hydroxyl groups is 1. The Hall–Kier alpha value is -3.93. The van der Waals surface area contributed by atoms with Gasteiger partial charge in [-0.1, -0.05) is 42.5 Å². The van der Waals surface area contributed by atoms with E-state index in [0.717, 1.165) is 6.07 Å². The maximum absolute atomic E-state index is 13.6. The van der Waals surface area contributed by atoms with Gasteiger partial charge in [0.15, 0.2) is 5.78 Å². The molecule has 0 radical (unpaired) electrons. The second kappa shape index (κ2) is 7.24. The number of Topliss-reactive ketones (excluding diaryl/α,β-unsaturated/α-hetero) is 1. The van der Waals surface area contributed by atoms with Crippen molar-refractivity contribution in [1.29, 1.82) is 0 Å². The summed E-state index contributed by atoms with van der Waals surface area (Å²) in [6.07, 6.45) is 0. The highest BCUT2D eigenvalue weighted by Crippen LogP contribution is 2.39. The van der Waals surface area contributed by atoms with E-state index in [9.17, 15) is 24.2 Å². The number of nitrogens with zero attached hydrogens (tertiary/aromatic N) is 1. The molecule has 0 saturated carbocycles. The van der Waals surface area contributed by atoms with Gasteiger partial charge in [0.25, 0.3) is 5.91 Å². The predicted octanol–water partition coefficient (Wildman–Crippen LogP) is 4.16. The maximum atomic E-state index is 13.6. The summed E-state index contributed by atoms with van der Waals surface area (Å²) in [6, 6.07) is 18.6. The summed E-state index contributed by atoms with van der Waals surface area (Å²) in [5.41, 5.74) is 0.594. The number of benzene rings is 3. The number of phenolic OH excluding ortho intramolecular Hbond substituents is 1. The number of aliphatic hydroxyl groups excluding tert-OH is 1. The van der Waals surface area contributed by atoms with Crippen LogP contribution in [0.5, 0.6) is 5.75 Å². The van der Waals surface area contributed by atoms with Gasteiger partial charge in [0.2, 0.25) is 0 Å². The van der Waals surface area contributed by atoms with E-state index in [-0.39, 0.29) is 11.3 Å². The van der Waals surface area contributed by atoms with E-state index < -0.39 is 34.9 Å². The van der Waals surface area contributed by atoms with E-state index in [1.807, 2.05) is 0 Å². The van der Waals surface area contributed by atoms with Crippen molar-refractivity contribution in [3.05, 3.63) is 101 Å². The Morgan fingerprint density at radius 3 is 2.24 bits per heavy atom. The van der Waals surface area contributed by atoms with E-state index in [1.54, 1.807) is 42.5 Å². The van der Waals surface area contributed by atoms with Crippen LogP contribution >= 0.6 is 0 Å². The molecule has 0 bridgehead atoms.